The third-order valence-electron chi connectivity index (χ3n) is 3.92. The highest BCUT2D eigenvalue weighted by atomic mass is 16.2. The average molecular weight is 361 g/mol. The van der Waals surface area contributed by atoms with Gasteiger partial charge in [-0.2, -0.15) is 0 Å². The molecule has 0 aliphatic rings. The van der Waals surface area contributed by atoms with Gasteiger partial charge in [-0.05, 0) is 42.0 Å². The second-order valence-corrected chi connectivity index (χ2v) is 5.92. The van der Waals surface area contributed by atoms with E-state index in [9.17, 15) is 9.59 Å². The lowest BCUT2D eigenvalue weighted by atomic mass is 10.1. The Morgan fingerprint density at radius 1 is 0.926 bits per heavy atom. The van der Waals surface area contributed by atoms with Crippen molar-refractivity contribution in [3.63, 3.8) is 0 Å². The molecule has 0 saturated carbocycles. The van der Waals surface area contributed by atoms with Crippen molar-refractivity contribution in [1.29, 1.82) is 0 Å². The molecule has 27 heavy (non-hydrogen) atoms. The van der Waals surface area contributed by atoms with Crippen molar-refractivity contribution in [2.75, 3.05) is 16.8 Å². The monoisotopic (exact) mass is 361 g/mol. The van der Waals surface area contributed by atoms with Crippen molar-refractivity contribution in [3.05, 3.63) is 83.7 Å². The van der Waals surface area contributed by atoms with E-state index in [0.717, 1.165) is 5.56 Å². The molecular formula is C20H19N5O2. The fourth-order valence-electron chi connectivity index (χ4n) is 2.45. The molecule has 1 aromatic heterocycles. The van der Waals surface area contributed by atoms with Gasteiger partial charge in [-0.25, -0.2) is 0 Å². The molecule has 1 heterocycles. The first-order valence-corrected chi connectivity index (χ1v) is 8.26. The molecule has 0 saturated heterocycles. The van der Waals surface area contributed by atoms with Crippen molar-refractivity contribution < 1.29 is 9.59 Å². The van der Waals surface area contributed by atoms with Crippen molar-refractivity contribution in [3.8, 4) is 0 Å². The fraction of sp³-hybridized carbons (Fsp3) is 0.0500. The first-order valence-electron chi connectivity index (χ1n) is 8.26. The van der Waals surface area contributed by atoms with E-state index in [1.165, 1.54) is 6.20 Å². The van der Waals surface area contributed by atoms with Crippen molar-refractivity contribution in [2.24, 2.45) is 0 Å². The van der Waals surface area contributed by atoms with Crippen LogP contribution >= 0.6 is 0 Å². The van der Waals surface area contributed by atoms with Crippen LogP contribution < -0.4 is 22.1 Å². The Morgan fingerprint density at radius 3 is 2.41 bits per heavy atom. The van der Waals surface area contributed by atoms with Crippen LogP contribution in [0.1, 0.15) is 26.3 Å². The summed E-state index contributed by atoms with van der Waals surface area (Å²) in [5.74, 6) is -0.486. The van der Waals surface area contributed by atoms with Crippen LogP contribution in [0.3, 0.4) is 0 Å². The van der Waals surface area contributed by atoms with E-state index >= 15 is 0 Å². The lowest BCUT2D eigenvalue weighted by Gasteiger charge is -2.09. The zero-order chi connectivity index (χ0) is 19.2. The van der Waals surface area contributed by atoms with Crippen LogP contribution in [0.25, 0.3) is 0 Å². The van der Waals surface area contributed by atoms with Gasteiger partial charge in [0.25, 0.3) is 11.8 Å². The van der Waals surface area contributed by atoms with Gasteiger partial charge in [-0.1, -0.05) is 18.2 Å². The standard InChI is InChI=1S/C20H19N5O2/c21-16-3-1-2-15(10-16)19(26)24-11-13-4-6-14(7-5-13)20(27)25-18-8-9-23-12-17(18)22/h1-10,12H,11,21-22H2,(H,24,26)(H,23,25,27). The smallest absolute Gasteiger partial charge is 0.255 e. The molecule has 7 nitrogen and oxygen atoms in total. The van der Waals surface area contributed by atoms with Gasteiger partial charge in [-0.3, -0.25) is 14.6 Å². The first-order chi connectivity index (χ1) is 13.0. The number of rotatable bonds is 5. The predicted molar refractivity (Wildman–Crippen MR) is 105 cm³/mol. The minimum atomic E-state index is -0.275. The summed E-state index contributed by atoms with van der Waals surface area (Å²) < 4.78 is 0. The number of nitrogen functional groups attached to an aromatic ring is 2. The van der Waals surface area contributed by atoms with Crippen LogP contribution in [0.15, 0.2) is 67.0 Å². The summed E-state index contributed by atoms with van der Waals surface area (Å²) in [6.45, 7) is 0.340. The van der Waals surface area contributed by atoms with E-state index in [-0.39, 0.29) is 11.8 Å². The number of hydrogen-bond acceptors (Lipinski definition) is 5. The number of nitrogens with one attached hydrogen (secondary N) is 2. The number of benzene rings is 2. The Labute approximate surface area is 156 Å². The highest BCUT2D eigenvalue weighted by Crippen LogP contribution is 2.16. The molecule has 136 valence electrons. The summed E-state index contributed by atoms with van der Waals surface area (Å²) in [4.78, 5) is 28.3. The van der Waals surface area contributed by atoms with E-state index in [1.54, 1.807) is 60.8 Å². The van der Waals surface area contributed by atoms with E-state index in [4.69, 9.17) is 11.5 Å². The number of nitrogens with zero attached hydrogens (tertiary/aromatic N) is 1. The molecule has 0 aliphatic carbocycles. The number of carbonyl (C=O) groups excluding carboxylic acids is 2. The van der Waals surface area contributed by atoms with Gasteiger partial charge >= 0.3 is 0 Å². The average Bonchev–Trinajstić information content (AvgIpc) is 2.68. The normalized spacial score (nSPS) is 10.2. The predicted octanol–water partition coefficient (Wildman–Crippen LogP) is 2.43. The Bertz CT molecular complexity index is 970. The third kappa shape index (κ3) is 4.60. The highest BCUT2D eigenvalue weighted by Gasteiger charge is 2.09. The number of pyridine rings is 1. The van der Waals surface area contributed by atoms with Gasteiger partial charge in [0.15, 0.2) is 0 Å². The Hall–Kier alpha value is -3.87. The van der Waals surface area contributed by atoms with E-state index < -0.39 is 0 Å². The number of aromatic nitrogens is 1. The Kier molecular flexibility index (Phi) is 5.32. The molecule has 2 aromatic carbocycles. The van der Waals surface area contributed by atoms with Crippen LogP contribution in [-0.2, 0) is 6.54 Å². The van der Waals surface area contributed by atoms with Gasteiger partial charge in [0.05, 0.1) is 17.6 Å². The molecule has 2 amide bonds. The highest BCUT2D eigenvalue weighted by molar-refractivity contribution is 6.05. The molecule has 0 fully saturated rings. The zero-order valence-corrected chi connectivity index (χ0v) is 14.5. The summed E-state index contributed by atoms with van der Waals surface area (Å²) in [5.41, 5.74) is 14.7. The molecule has 7 heteroatoms. The van der Waals surface area contributed by atoms with Crippen LogP contribution in [0.5, 0.6) is 0 Å². The fourth-order valence-corrected chi connectivity index (χ4v) is 2.45. The second kappa shape index (κ2) is 8.01. The minimum Gasteiger partial charge on any atom is -0.399 e. The topological polar surface area (TPSA) is 123 Å². The summed E-state index contributed by atoms with van der Waals surface area (Å²) in [7, 11) is 0. The molecule has 3 aromatic rings. The van der Waals surface area contributed by atoms with Crippen molar-refractivity contribution in [2.45, 2.75) is 6.54 Å². The Balaban J connectivity index is 1.59. The molecular weight excluding hydrogens is 342 g/mol. The maximum atomic E-state index is 12.3. The molecule has 0 radical (unpaired) electrons. The molecule has 0 bridgehead atoms. The maximum absolute atomic E-state index is 12.3. The molecule has 3 rings (SSSR count). The summed E-state index contributed by atoms with van der Waals surface area (Å²) in [6, 6.07) is 15.3. The molecule has 0 unspecified atom stereocenters. The Morgan fingerprint density at radius 2 is 1.70 bits per heavy atom. The first kappa shape index (κ1) is 17.9. The molecule has 0 aliphatic heterocycles. The SMILES string of the molecule is Nc1cccc(C(=O)NCc2ccc(C(=O)Nc3ccncc3N)cc2)c1. The summed E-state index contributed by atoms with van der Waals surface area (Å²) >= 11 is 0. The zero-order valence-electron chi connectivity index (χ0n) is 14.5. The van der Waals surface area contributed by atoms with Crippen molar-refractivity contribution >= 4 is 28.9 Å². The number of anilines is 3. The van der Waals surface area contributed by atoms with Crippen LogP contribution in [0, 0.1) is 0 Å². The van der Waals surface area contributed by atoms with Crippen LogP contribution in [0.2, 0.25) is 0 Å². The lowest BCUT2D eigenvalue weighted by molar-refractivity contribution is 0.0950. The second-order valence-electron chi connectivity index (χ2n) is 5.92. The van der Waals surface area contributed by atoms with Crippen LogP contribution in [0.4, 0.5) is 17.1 Å². The largest absolute Gasteiger partial charge is 0.399 e. The third-order valence-corrected chi connectivity index (χ3v) is 3.92. The van der Waals surface area contributed by atoms with Gasteiger partial charge < -0.3 is 22.1 Å². The van der Waals surface area contributed by atoms with E-state index in [0.29, 0.717) is 34.7 Å². The molecule has 0 atom stereocenters. The lowest BCUT2D eigenvalue weighted by Crippen LogP contribution is -2.23. The van der Waals surface area contributed by atoms with E-state index in [2.05, 4.69) is 15.6 Å². The van der Waals surface area contributed by atoms with Gasteiger partial charge in [-0.15, -0.1) is 0 Å². The van der Waals surface area contributed by atoms with Gasteiger partial charge in [0.1, 0.15) is 0 Å². The summed E-state index contributed by atoms with van der Waals surface area (Å²) in [6.07, 6.45) is 3.03. The van der Waals surface area contributed by atoms with Gasteiger partial charge in [0.2, 0.25) is 0 Å². The van der Waals surface area contributed by atoms with Crippen LogP contribution in [-0.4, -0.2) is 16.8 Å². The maximum Gasteiger partial charge on any atom is 0.255 e. The van der Waals surface area contributed by atoms with Gasteiger partial charge in [0, 0.05) is 29.6 Å². The summed E-state index contributed by atoms with van der Waals surface area (Å²) in [5, 5.41) is 5.56. The van der Waals surface area contributed by atoms with Crippen molar-refractivity contribution in [1.82, 2.24) is 10.3 Å². The molecule has 6 N–H and O–H groups in total. The number of carbonyl (C=O) groups is 2. The number of hydrogen-bond donors (Lipinski definition) is 4. The minimum absolute atomic E-state index is 0.211. The molecule has 0 spiro atoms. The quantitative estimate of drug-likeness (QED) is 0.520. The number of amides is 2. The number of nitrogens with two attached hydrogens (primary N) is 2. The van der Waals surface area contributed by atoms with E-state index in [1.807, 2.05) is 0 Å².